The van der Waals surface area contributed by atoms with Crippen LogP contribution in [-0.4, -0.2) is 70.5 Å². The van der Waals surface area contributed by atoms with Gasteiger partial charge in [0.15, 0.2) is 5.71 Å². The van der Waals surface area contributed by atoms with E-state index in [2.05, 4.69) is 15.5 Å². The molecular weight excluding hydrogens is 503 g/mol. The first kappa shape index (κ1) is 23.5. The molecular formula is C23H23ClF3N5O4. The summed E-state index contributed by atoms with van der Waals surface area (Å²) >= 11 is 5.92. The molecule has 1 N–H and O–H groups in total. The van der Waals surface area contributed by atoms with Crippen LogP contribution in [0.4, 0.5) is 19.0 Å². The Labute approximate surface area is 209 Å². The molecule has 1 aromatic heterocycles. The average molecular weight is 526 g/mol. The number of halogens is 4. The molecule has 3 amide bonds. The second kappa shape index (κ2) is 8.32. The summed E-state index contributed by atoms with van der Waals surface area (Å²) in [6.45, 7) is 1.47. The normalized spacial score (nSPS) is 32.6. The summed E-state index contributed by atoms with van der Waals surface area (Å²) in [6, 6.07) is 0.770. The van der Waals surface area contributed by atoms with Gasteiger partial charge in [-0.2, -0.15) is 13.2 Å². The van der Waals surface area contributed by atoms with E-state index in [4.69, 9.17) is 16.4 Å². The van der Waals surface area contributed by atoms with Crippen LogP contribution in [0.15, 0.2) is 17.4 Å². The minimum Gasteiger partial charge on any atom is -0.391 e. The van der Waals surface area contributed by atoms with Gasteiger partial charge in [0.2, 0.25) is 11.8 Å². The molecule has 4 heterocycles. The number of hydrogen-bond donors (Lipinski definition) is 1. The summed E-state index contributed by atoms with van der Waals surface area (Å²) in [5.74, 6) is -2.35. The van der Waals surface area contributed by atoms with Crippen molar-refractivity contribution in [3.8, 4) is 0 Å². The molecule has 3 aliphatic heterocycles. The summed E-state index contributed by atoms with van der Waals surface area (Å²) in [7, 11) is 0. The lowest BCUT2D eigenvalue weighted by atomic mass is 9.72. The number of carbonyl (C=O) groups is 3. The van der Waals surface area contributed by atoms with Gasteiger partial charge in [-0.15, -0.1) is 0 Å². The largest absolute Gasteiger partial charge is 0.417 e. The number of nitrogens with one attached hydrogen (secondary N) is 1. The van der Waals surface area contributed by atoms with Crippen LogP contribution >= 0.6 is 11.6 Å². The van der Waals surface area contributed by atoms with Crippen molar-refractivity contribution in [1.82, 2.24) is 14.8 Å². The van der Waals surface area contributed by atoms with Crippen LogP contribution in [0.1, 0.15) is 24.8 Å². The molecule has 4 fully saturated rings. The number of imide groups is 1. The first-order valence-corrected chi connectivity index (χ1v) is 12.4. The van der Waals surface area contributed by atoms with Gasteiger partial charge in [-0.1, -0.05) is 16.8 Å². The predicted octanol–water partition coefficient (Wildman–Crippen LogP) is 2.41. The van der Waals surface area contributed by atoms with E-state index in [9.17, 15) is 27.6 Å². The minimum absolute atomic E-state index is 0.0208. The van der Waals surface area contributed by atoms with Gasteiger partial charge in [0, 0.05) is 38.3 Å². The number of nitrogens with zero attached hydrogens (tertiary/aromatic N) is 4. The molecule has 1 aromatic rings. The molecule has 2 saturated heterocycles. The fourth-order valence-corrected chi connectivity index (χ4v) is 6.91. The van der Waals surface area contributed by atoms with Gasteiger partial charge in [-0.05, 0) is 31.2 Å². The van der Waals surface area contributed by atoms with Crippen molar-refractivity contribution >= 4 is 40.9 Å². The average Bonchev–Trinajstić information content (AvgIpc) is 3.63. The molecule has 6 atom stereocenters. The molecule has 2 aliphatic carbocycles. The highest BCUT2D eigenvalue weighted by atomic mass is 35.5. The molecule has 192 valence electrons. The lowest BCUT2D eigenvalue weighted by Crippen LogP contribution is -2.45. The number of likely N-dealkylation sites (tertiary alicyclic amines) is 2. The highest BCUT2D eigenvalue weighted by molar-refractivity contribution is 6.40. The number of oxime groups is 1. The Morgan fingerprint density at radius 1 is 1.14 bits per heavy atom. The van der Waals surface area contributed by atoms with Gasteiger partial charge in [-0.25, -0.2) is 4.98 Å². The van der Waals surface area contributed by atoms with E-state index >= 15 is 0 Å². The summed E-state index contributed by atoms with van der Waals surface area (Å²) in [6.07, 6.45) is -1.72. The van der Waals surface area contributed by atoms with Gasteiger partial charge >= 0.3 is 6.18 Å². The van der Waals surface area contributed by atoms with E-state index in [1.54, 1.807) is 4.90 Å². The quantitative estimate of drug-likeness (QED) is 0.592. The number of carbonyl (C=O) groups excluding carboxylic acids is 3. The second-order valence-electron chi connectivity index (χ2n) is 9.99. The third-order valence-electron chi connectivity index (χ3n) is 8.19. The van der Waals surface area contributed by atoms with Crippen LogP contribution in [0.2, 0.25) is 5.02 Å². The van der Waals surface area contributed by atoms with E-state index in [1.807, 2.05) is 0 Å². The standard InChI is InChI=1S/C23H23ClF3N5O4/c24-13-7-10(23(25,26)27)9-29-19(13)28-3-6-32-20(33)14-11-8-12(15(14)21(32)34)18-16(11)17(30-36-18)22(35)31-4-1-2-5-31/h7,9,11-12,14-16,18H,1-6,8H2,(H,28,29)/t11-,12-,14+,15+,16+,18-/m1/s1. The maximum atomic E-state index is 13.3. The minimum atomic E-state index is -4.56. The van der Waals surface area contributed by atoms with Crippen molar-refractivity contribution < 1.29 is 32.4 Å². The SMILES string of the molecule is O=C(C1=NO[C@@H]2[C@@H]3C[C@@H]([C@@H]12)[C@@H]1C(=O)N(CCNc2ncc(C(F)(F)F)cc2Cl)C(=O)[C@@H]31)N1CCCC1. The fourth-order valence-electron chi connectivity index (χ4n) is 6.67. The van der Waals surface area contributed by atoms with Crippen molar-refractivity contribution in [2.45, 2.75) is 31.5 Å². The molecule has 9 nitrogen and oxygen atoms in total. The van der Waals surface area contributed by atoms with Gasteiger partial charge in [0.05, 0.1) is 28.3 Å². The first-order valence-electron chi connectivity index (χ1n) is 12.0. The lowest BCUT2D eigenvalue weighted by molar-refractivity contribution is -0.141. The molecule has 5 aliphatic rings. The molecule has 0 unspecified atom stereocenters. The maximum absolute atomic E-state index is 13.3. The zero-order valence-corrected chi connectivity index (χ0v) is 19.8. The summed E-state index contributed by atoms with van der Waals surface area (Å²) in [4.78, 5) is 51.9. The smallest absolute Gasteiger partial charge is 0.391 e. The Bertz CT molecular complexity index is 1170. The van der Waals surface area contributed by atoms with Crippen LogP contribution < -0.4 is 5.32 Å². The van der Waals surface area contributed by atoms with E-state index in [0.29, 0.717) is 31.4 Å². The third-order valence-corrected chi connectivity index (χ3v) is 8.48. The van der Waals surface area contributed by atoms with E-state index in [0.717, 1.165) is 18.9 Å². The van der Waals surface area contributed by atoms with E-state index in [1.165, 1.54) is 4.90 Å². The number of rotatable bonds is 5. The van der Waals surface area contributed by atoms with Crippen LogP contribution in [0.3, 0.4) is 0 Å². The molecule has 2 saturated carbocycles. The Hall–Kier alpha value is -2.89. The second-order valence-corrected chi connectivity index (χ2v) is 10.4. The molecule has 13 heteroatoms. The maximum Gasteiger partial charge on any atom is 0.417 e. The van der Waals surface area contributed by atoms with Crippen LogP contribution in [0.25, 0.3) is 0 Å². The monoisotopic (exact) mass is 525 g/mol. The fraction of sp³-hybridized carbons (Fsp3) is 0.609. The predicted molar refractivity (Wildman–Crippen MR) is 120 cm³/mol. The van der Waals surface area contributed by atoms with Crippen molar-refractivity contribution in [1.29, 1.82) is 0 Å². The van der Waals surface area contributed by atoms with Crippen molar-refractivity contribution in [2.24, 2.45) is 34.7 Å². The van der Waals surface area contributed by atoms with Crippen LogP contribution in [0, 0.1) is 29.6 Å². The topological polar surface area (TPSA) is 104 Å². The molecule has 6 rings (SSSR count). The van der Waals surface area contributed by atoms with Crippen LogP contribution in [-0.2, 0) is 25.4 Å². The third kappa shape index (κ3) is 3.47. The molecule has 0 aromatic carbocycles. The Kier molecular flexibility index (Phi) is 5.43. The molecule has 2 bridgehead atoms. The summed E-state index contributed by atoms with van der Waals surface area (Å²) in [5.41, 5.74) is -0.596. The Morgan fingerprint density at radius 3 is 2.50 bits per heavy atom. The number of anilines is 1. The lowest BCUT2D eigenvalue weighted by Gasteiger charge is -2.30. The van der Waals surface area contributed by atoms with E-state index < -0.39 is 23.6 Å². The van der Waals surface area contributed by atoms with Gasteiger partial charge in [0.1, 0.15) is 11.9 Å². The number of pyridine rings is 1. The highest BCUT2D eigenvalue weighted by Gasteiger charge is 2.70. The van der Waals surface area contributed by atoms with Crippen molar-refractivity contribution in [3.63, 3.8) is 0 Å². The number of alkyl halides is 3. The van der Waals surface area contributed by atoms with Crippen LogP contribution in [0.5, 0.6) is 0 Å². The number of aromatic nitrogens is 1. The zero-order valence-electron chi connectivity index (χ0n) is 19.0. The molecule has 0 radical (unpaired) electrons. The zero-order chi connectivity index (χ0) is 25.4. The highest BCUT2D eigenvalue weighted by Crippen LogP contribution is 2.61. The van der Waals surface area contributed by atoms with Gasteiger partial charge in [-0.3, -0.25) is 19.3 Å². The first-order chi connectivity index (χ1) is 17.2. The van der Waals surface area contributed by atoms with Crippen molar-refractivity contribution in [3.05, 3.63) is 22.8 Å². The Morgan fingerprint density at radius 2 is 1.83 bits per heavy atom. The number of fused-ring (bicyclic) bond motifs is 8. The molecule has 36 heavy (non-hydrogen) atoms. The van der Waals surface area contributed by atoms with Gasteiger partial charge < -0.3 is 15.1 Å². The summed E-state index contributed by atoms with van der Waals surface area (Å²) < 4.78 is 38.4. The van der Waals surface area contributed by atoms with Crippen molar-refractivity contribution in [2.75, 3.05) is 31.5 Å². The summed E-state index contributed by atoms with van der Waals surface area (Å²) in [5, 5.41) is 6.70. The molecule has 0 spiro atoms. The van der Waals surface area contributed by atoms with Gasteiger partial charge in [0.25, 0.3) is 5.91 Å². The van der Waals surface area contributed by atoms with E-state index in [-0.39, 0.29) is 65.5 Å². The number of hydrogen-bond acceptors (Lipinski definition) is 7. The Balaban J connectivity index is 1.12. The number of amides is 3.